The van der Waals surface area contributed by atoms with Crippen molar-refractivity contribution in [1.29, 1.82) is 0 Å². The van der Waals surface area contributed by atoms with Gasteiger partial charge in [0.2, 0.25) is 5.91 Å². The summed E-state index contributed by atoms with van der Waals surface area (Å²) in [5, 5.41) is 6.69. The fourth-order valence-corrected chi connectivity index (χ4v) is 3.68. The lowest BCUT2D eigenvalue weighted by atomic mass is 10.00. The standard InChI is InChI=1S/C18H22N2O3/c1-23-17(22)11-2-5-13(6-3-11)18(8-9-18)20-16(21)14-7-4-12-10-15(12)19-14/h2-3,5-6,12,14-15,19H,4,7-10H2,1H3,(H,20,21)/t12?,14-,15?/m1/s1. The zero-order valence-corrected chi connectivity index (χ0v) is 13.3. The molecule has 3 aliphatic rings. The van der Waals surface area contributed by atoms with E-state index in [4.69, 9.17) is 4.74 Å². The van der Waals surface area contributed by atoms with Crippen LogP contribution in [-0.4, -0.2) is 31.1 Å². The second-order valence-electron chi connectivity index (χ2n) is 7.04. The largest absolute Gasteiger partial charge is 0.465 e. The van der Waals surface area contributed by atoms with Crippen LogP contribution >= 0.6 is 0 Å². The predicted molar refractivity (Wildman–Crippen MR) is 84.9 cm³/mol. The zero-order valence-electron chi connectivity index (χ0n) is 13.3. The van der Waals surface area contributed by atoms with E-state index in [1.54, 1.807) is 12.1 Å². The number of ether oxygens (including phenoxy) is 1. The van der Waals surface area contributed by atoms with Crippen molar-refractivity contribution in [1.82, 2.24) is 10.6 Å². The van der Waals surface area contributed by atoms with Gasteiger partial charge in [0, 0.05) is 6.04 Å². The average molecular weight is 314 g/mol. The van der Waals surface area contributed by atoms with Crippen molar-refractivity contribution >= 4 is 11.9 Å². The van der Waals surface area contributed by atoms with Gasteiger partial charge in [0.1, 0.15) is 0 Å². The molecule has 0 aromatic heterocycles. The highest BCUT2D eigenvalue weighted by atomic mass is 16.5. The minimum Gasteiger partial charge on any atom is -0.465 e. The molecule has 0 spiro atoms. The van der Waals surface area contributed by atoms with Gasteiger partial charge in [-0.25, -0.2) is 4.79 Å². The lowest BCUT2D eigenvalue weighted by Gasteiger charge is -2.26. The summed E-state index contributed by atoms with van der Waals surface area (Å²) >= 11 is 0. The maximum absolute atomic E-state index is 12.6. The first-order valence-corrected chi connectivity index (χ1v) is 8.38. The Morgan fingerprint density at radius 3 is 2.57 bits per heavy atom. The van der Waals surface area contributed by atoms with Crippen molar-refractivity contribution in [2.45, 2.75) is 49.7 Å². The van der Waals surface area contributed by atoms with Gasteiger partial charge in [-0.15, -0.1) is 0 Å². The molecule has 2 N–H and O–H groups in total. The smallest absolute Gasteiger partial charge is 0.337 e. The molecule has 4 rings (SSSR count). The lowest BCUT2D eigenvalue weighted by Crippen LogP contribution is -2.50. The van der Waals surface area contributed by atoms with E-state index in [1.807, 2.05) is 12.1 Å². The maximum atomic E-state index is 12.6. The summed E-state index contributed by atoms with van der Waals surface area (Å²) in [7, 11) is 1.38. The Hall–Kier alpha value is -1.88. The van der Waals surface area contributed by atoms with E-state index in [9.17, 15) is 9.59 Å². The van der Waals surface area contributed by atoms with Crippen LogP contribution in [0, 0.1) is 5.92 Å². The fraction of sp³-hybridized carbons (Fsp3) is 0.556. The predicted octanol–water partition coefficient (Wildman–Crippen LogP) is 1.72. The lowest BCUT2D eigenvalue weighted by molar-refractivity contribution is -0.124. The summed E-state index contributed by atoms with van der Waals surface area (Å²) in [6.07, 6.45) is 5.23. The second-order valence-corrected chi connectivity index (χ2v) is 7.04. The molecule has 2 unspecified atom stereocenters. The molecule has 1 aromatic carbocycles. The van der Waals surface area contributed by atoms with Gasteiger partial charge in [-0.3, -0.25) is 4.79 Å². The number of nitrogens with one attached hydrogen (secondary N) is 2. The Bertz CT molecular complexity index is 636. The first-order chi connectivity index (χ1) is 11.1. The molecular formula is C18H22N2O3. The normalized spacial score (nSPS) is 30.0. The van der Waals surface area contributed by atoms with Crippen LogP contribution in [0.5, 0.6) is 0 Å². The number of esters is 1. The quantitative estimate of drug-likeness (QED) is 0.831. The number of piperidine rings is 1. The molecule has 2 aliphatic carbocycles. The number of carbonyl (C=O) groups is 2. The summed E-state index contributed by atoms with van der Waals surface area (Å²) in [4.78, 5) is 24.1. The highest BCUT2D eigenvalue weighted by molar-refractivity contribution is 5.89. The minimum absolute atomic E-state index is 0.0504. The van der Waals surface area contributed by atoms with Gasteiger partial charge in [-0.2, -0.15) is 0 Å². The van der Waals surface area contributed by atoms with E-state index in [2.05, 4.69) is 10.6 Å². The molecule has 5 nitrogen and oxygen atoms in total. The zero-order chi connectivity index (χ0) is 16.0. The van der Waals surface area contributed by atoms with E-state index < -0.39 is 0 Å². The molecule has 23 heavy (non-hydrogen) atoms. The maximum Gasteiger partial charge on any atom is 0.337 e. The number of carbonyl (C=O) groups excluding carboxylic acids is 2. The summed E-state index contributed by atoms with van der Waals surface area (Å²) in [6, 6.07) is 7.89. The molecule has 1 aromatic rings. The van der Waals surface area contributed by atoms with E-state index in [0.717, 1.165) is 37.2 Å². The third-order valence-corrected chi connectivity index (χ3v) is 5.45. The number of benzene rings is 1. The Morgan fingerprint density at radius 2 is 1.96 bits per heavy atom. The summed E-state index contributed by atoms with van der Waals surface area (Å²) in [5.74, 6) is 0.584. The number of methoxy groups -OCH3 is 1. The summed E-state index contributed by atoms with van der Waals surface area (Å²) in [6.45, 7) is 0. The van der Waals surface area contributed by atoms with Crippen molar-refractivity contribution in [2.75, 3.05) is 7.11 Å². The Balaban J connectivity index is 1.43. The van der Waals surface area contributed by atoms with Crippen LogP contribution in [0.4, 0.5) is 0 Å². The molecule has 1 heterocycles. The molecule has 122 valence electrons. The number of hydrogen-bond donors (Lipinski definition) is 2. The average Bonchev–Trinajstić information content (AvgIpc) is 3.48. The molecule has 5 heteroatoms. The monoisotopic (exact) mass is 314 g/mol. The van der Waals surface area contributed by atoms with Crippen LogP contribution in [0.1, 0.15) is 48.0 Å². The van der Waals surface area contributed by atoms with Crippen LogP contribution < -0.4 is 10.6 Å². The Morgan fingerprint density at radius 1 is 1.22 bits per heavy atom. The van der Waals surface area contributed by atoms with Crippen LogP contribution in [0.25, 0.3) is 0 Å². The molecular weight excluding hydrogens is 292 g/mol. The van der Waals surface area contributed by atoms with Crippen molar-refractivity contribution in [3.05, 3.63) is 35.4 Å². The Labute approximate surface area is 135 Å². The molecule has 3 fully saturated rings. The van der Waals surface area contributed by atoms with Crippen molar-refractivity contribution in [2.24, 2.45) is 5.92 Å². The SMILES string of the molecule is COC(=O)c1ccc(C2(NC(=O)[C@H]3CCC4CC4N3)CC2)cc1. The molecule has 1 aliphatic heterocycles. The van der Waals surface area contributed by atoms with Gasteiger partial charge >= 0.3 is 5.97 Å². The van der Waals surface area contributed by atoms with Gasteiger partial charge in [0.05, 0.1) is 24.3 Å². The van der Waals surface area contributed by atoms with Crippen LogP contribution in [0.3, 0.4) is 0 Å². The second kappa shape index (κ2) is 5.34. The van der Waals surface area contributed by atoms with Gasteiger partial charge < -0.3 is 15.4 Å². The van der Waals surface area contributed by atoms with Gasteiger partial charge in [0.15, 0.2) is 0 Å². The third-order valence-electron chi connectivity index (χ3n) is 5.45. The molecule has 2 saturated carbocycles. The van der Waals surface area contributed by atoms with Gasteiger partial charge in [-0.1, -0.05) is 12.1 Å². The van der Waals surface area contributed by atoms with Crippen molar-refractivity contribution in [3.63, 3.8) is 0 Å². The molecule has 0 radical (unpaired) electrons. The van der Waals surface area contributed by atoms with E-state index in [-0.39, 0.29) is 23.5 Å². The van der Waals surface area contributed by atoms with E-state index in [0.29, 0.717) is 11.6 Å². The molecule has 0 bridgehead atoms. The number of amides is 1. The number of hydrogen-bond acceptors (Lipinski definition) is 4. The first kappa shape index (κ1) is 14.7. The van der Waals surface area contributed by atoms with Crippen molar-refractivity contribution in [3.8, 4) is 0 Å². The Kier molecular flexibility index (Phi) is 3.41. The summed E-state index contributed by atoms with van der Waals surface area (Å²) in [5.41, 5.74) is 1.36. The molecule has 1 saturated heterocycles. The van der Waals surface area contributed by atoms with Crippen molar-refractivity contribution < 1.29 is 14.3 Å². The third kappa shape index (κ3) is 2.74. The highest BCUT2D eigenvalue weighted by Gasteiger charge is 2.48. The van der Waals surface area contributed by atoms with Crippen LogP contribution in [0.15, 0.2) is 24.3 Å². The fourth-order valence-electron chi connectivity index (χ4n) is 3.68. The van der Waals surface area contributed by atoms with Gasteiger partial charge in [0.25, 0.3) is 0 Å². The molecule has 1 amide bonds. The van der Waals surface area contributed by atoms with Crippen LogP contribution in [-0.2, 0) is 15.1 Å². The summed E-state index contributed by atoms with van der Waals surface area (Å²) < 4.78 is 4.72. The minimum atomic E-state index is -0.337. The van der Waals surface area contributed by atoms with Gasteiger partial charge in [-0.05, 0) is 55.7 Å². The number of fused-ring (bicyclic) bond motifs is 1. The topological polar surface area (TPSA) is 67.4 Å². The number of rotatable bonds is 4. The molecule has 3 atom stereocenters. The van der Waals surface area contributed by atoms with E-state index in [1.165, 1.54) is 13.5 Å². The van der Waals surface area contributed by atoms with E-state index >= 15 is 0 Å². The first-order valence-electron chi connectivity index (χ1n) is 8.38. The van der Waals surface area contributed by atoms with Crippen LogP contribution in [0.2, 0.25) is 0 Å². The highest BCUT2D eigenvalue weighted by Crippen LogP contribution is 2.46.